The summed E-state index contributed by atoms with van der Waals surface area (Å²) in [7, 11) is 0. The largest absolute Gasteiger partial charge is 0.435 e. The summed E-state index contributed by atoms with van der Waals surface area (Å²) in [6.07, 6.45) is -18.9. The highest BCUT2D eigenvalue weighted by atomic mass is 79.9. The Kier molecular flexibility index (Phi) is 6.39. The summed E-state index contributed by atoms with van der Waals surface area (Å²) in [5.74, 6) is -1.26. The van der Waals surface area contributed by atoms with Crippen LogP contribution in [0, 0.1) is 0 Å². The summed E-state index contributed by atoms with van der Waals surface area (Å²) in [6.45, 7) is 0. The van der Waals surface area contributed by atoms with Crippen molar-refractivity contribution in [3.63, 3.8) is 0 Å². The van der Waals surface area contributed by atoms with Crippen LogP contribution in [0.15, 0.2) is 34.8 Å². The lowest BCUT2D eigenvalue weighted by Gasteiger charge is -2.31. The van der Waals surface area contributed by atoms with Gasteiger partial charge in [0.05, 0.1) is 22.6 Å². The van der Waals surface area contributed by atoms with Crippen molar-refractivity contribution in [3.05, 3.63) is 51.5 Å². The number of alkyl halides is 10. The van der Waals surface area contributed by atoms with Crippen LogP contribution in [0.1, 0.15) is 21.5 Å². The number of rotatable bonds is 3. The number of nitrogens with one attached hydrogen (secondary N) is 1. The van der Waals surface area contributed by atoms with Crippen LogP contribution in [0.3, 0.4) is 0 Å². The van der Waals surface area contributed by atoms with Gasteiger partial charge in [-0.3, -0.25) is 4.79 Å². The van der Waals surface area contributed by atoms with Crippen LogP contribution in [-0.4, -0.2) is 18.3 Å². The predicted molar refractivity (Wildman–Crippen MR) is 97.3 cm³/mol. The molecule has 0 saturated carbocycles. The quantitative estimate of drug-likeness (QED) is 0.321. The molecule has 1 amide bonds. The molecule has 5 N–H and O–H groups in total. The highest BCUT2D eigenvalue weighted by Crippen LogP contribution is 2.55. The second kappa shape index (κ2) is 8.01. The van der Waals surface area contributed by atoms with E-state index in [1.807, 2.05) is 0 Å². The average Bonchev–Trinajstić information content (AvgIpc) is 2.61. The first kappa shape index (κ1) is 25.5. The summed E-state index contributed by atoms with van der Waals surface area (Å²) >= 11 is 2.38. The van der Waals surface area contributed by atoms with E-state index in [4.69, 9.17) is 11.5 Å². The summed E-state index contributed by atoms with van der Waals surface area (Å²) in [4.78, 5) is 12.3. The van der Waals surface area contributed by atoms with E-state index in [0.717, 1.165) is 18.2 Å². The van der Waals surface area contributed by atoms with Crippen molar-refractivity contribution in [2.75, 3.05) is 16.8 Å². The zero-order valence-electron chi connectivity index (χ0n) is 15.1. The van der Waals surface area contributed by atoms with Gasteiger partial charge in [0.25, 0.3) is 5.91 Å². The monoisotopic (exact) mass is 541 g/mol. The normalized spacial score (nSPS) is 13.2. The van der Waals surface area contributed by atoms with Crippen LogP contribution in [0.25, 0.3) is 0 Å². The Morgan fingerprint density at radius 3 is 1.78 bits per heavy atom. The van der Waals surface area contributed by atoms with Gasteiger partial charge in [-0.05, 0) is 46.3 Å². The van der Waals surface area contributed by atoms with E-state index in [0.29, 0.717) is 0 Å². The van der Waals surface area contributed by atoms with Crippen LogP contribution >= 0.6 is 15.9 Å². The maximum atomic E-state index is 14.3. The Labute approximate surface area is 180 Å². The molecule has 0 aliphatic rings. The molecule has 176 valence electrons. The van der Waals surface area contributed by atoms with Crippen molar-refractivity contribution in [1.82, 2.24) is 0 Å². The summed E-state index contributed by atoms with van der Waals surface area (Å²) in [5.41, 5.74) is -1.40. The van der Waals surface area contributed by atoms with E-state index in [9.17, 15) is 48.7 Å². The van der Waals surface area contributed by atoms with Gasteiger partial charge in [-0.1, -0.05) is 0 Å². The van der Waals surface area contributed by atoms with E-state index in [1.54, 1.807) is 5.32 Å². The number of benzene rings is 2. The van der Waals surface area contributed by atoms with Crippen molar-refractivity contribution >= 4 is 38.9 Å². The highest BCUT2D eigenvalue weighted by molar-refractivity contribution is 9.10. The molecule has 0 unspecified atom stereocenters. The number of halogens is 11. The molecule has 0 aliphatic heterocycles. The molecule has 0 spiro atoms. The highest BCUT2D eigenvalue weighted by Gasteiger charge is 2.73. The van der Waals surface area contributed by atoms with Gasteiger partial charge >= 0.3 is 24.2 Å². The van der Waals surface area contributed by atoms with Crippen LogP contribution in [0.5, 0.6) is 0 Å². The van der Waals surface area contributed by atoms with Crippen LogP contribution < -0.4 is 16.8 Å². The molecule has 0 heterocycles. The second-order valence-corrected chi connectivity index (χ2v) is 7.18. The average molecular weight is 542 g/mol. The third-order valence-electron chi connectivity index (χ3n) is 4.16. The number of anilines is 3. The molecule has 32 heavy (non-hydrogen) atoms. The molecule has 2 aromatic carbocycles. The minimum absolute atomic E-state index is 0.0293. The van der Waals surface area contributed by atoms with Gasteiger partial charge in [0, 0.05) is 15.6 Å². The first-order valence-electron chi connectivity index (χ1n) is 8.00. The second-order valence-electron chi connectivity index (χ2n) is 6.33. The fourth-order valence-corrected chi connectivity index (χ4v) is 3.11. The Hall–Kier alpha value is -2.71. The number of nitrogen functional groups attached to an aromatic ring is 2. The zero-order valence-corrected chi connectivity index (χ0v) is 16.7. The molecule has 2 rings (SSSR count). The number of hydrogen-bond acceptors (Lipinski definition) is 3. The maximum Gasteiger partial charge on any atom is 0.435 e. The van der Waals surface area contributed by atoms with Crippen molar-refractivity contribution < 1.29 is 48.7 Å². The Bertz CT molecular complexity index is 1030. The lowest BCUT2D eigenvalue weighted by Crippen LogP contribution is -2.50. The Balaban J connectivity index is 2.69. The predicted octanol–water partition coefficient (Wildman–Crippen LogP) is 6.17. The van der Waals surface area contributed by atoms with E-state index in [1.165, 1.54) is 0 Å². The first-order valence-corrected chi connectivity index (χ1v) is 8.80. The number of amides is 1. The van der Waals surface area contributed by atoms with Crippen LogP contribution in [-0.2, 0) is 11.8 Å². The number of carbonyl (C=O) groups is 1. The van der Waals surface area contributed by atoms with Crippen LogP contribution in [0.2, 0.25) is 0 Å². The van der Waals surface area contributed by atoms with Gasteiger partial charge in [-0.25, -0.2) is 4.39 Å². The Morgan fingerprint density at radius 1 is 0.812 bits per heavy atom. The molecule has 0 aliphatic carbocycles. The number of hydrogen-bond donors (Lipinski definition) is 3. The van der Waals surface area contributed by atoms with Gasteiger partial charge < -0.3 is 16.8 Å². The third kappa shape index (κ3) is 4.56. The van der Waals surface area contributed by atoms with Gasteiger partial charge in [-0.2, -0.15) is 39.5 Å². The van der Waals surface area contributed by atoms with Gasteiger partial charge in [0.2, 0.25) is 0 Å². The smallest absolute Gasteiger partial charge is 0.397 e. The molecule has 0 atom stereocenters. The third-order valence-corrected chi connectivity index (χ3v) is 4.79. The fraction of sp³-hybridized carbons (Fsp3) is 0.235. The van der Waals surface area contributed by atoms with Crippen molar-refractivity contribution in [2.24, 2.45) is 0 Å². The Morgan fingerprint density at radius 2 is 1.34 bits per heavy atom. The van der Waals surface area contributed by atoms with Crippen molar-refractivity contribution in [3.8, 4) is 0 Å². The molecule has 2 aromatic rings. The standard InChI is InChI=1S/C17H10BrF10N3O/c18-9-5-7(14(19,16(23,24)25)17(26,27)28)4-8(15(20,21)22)12(9)31-13(32)6-1-2-10(29)11(30)3-6/h1-5H,29-30H2,(H,31,32). The minimum Gasteiger partial charge on any atom is -0.397 e. The van der Waals surface area contributed by atoms with Gasteiger partial charge in [0.1, 0.15) is 0 Å². The van der Waals surface area contributed by atoms with Gasteiger partial charge in [-0.15, -0.1) is 0 Å². The fourth-order valence-electron chi connectivity index (χ4n) is 2.55. The minimum atomic E-state index is -6.64. The summed E-state index contributed by atoms with van der Waals surface area (Å²) < 4.78 is 131. The molecule has 0 fully saturated rings. The van der Waals surface area contributed by atoms with E-state index >= 15 is 0 Å². The first-order chi connectivity index (χ1) is 14.3. The van der Waals surface area contributed by atoms with Crippen LogP contribution in [0.4, 0.5) is 61.0 Å². The number of nitrogens with two attached hydrogens (primary N) is 2. The molecular weight excluding hydrogens is 532 g/mol. The van der Waals surface area contributed by atoms with Crippen molar-refractivity contribution in [2.45, 2.75) is 24.2 Å². The molecule has 0 aromatic heterocycles. The molecule has 4 nitrogen and oxygen atoms in total. The molecule has 0 radical (unpaired) electrons. The molecule has 15 heteroatoms. The topological polar surface area (TPSA) is 81.1 Å². The lowest BCUT2D eigenvalue weighted by atomic mass is 9.92. The molecule has 0 saturated heterocycles. The molecule has 0 bridgehead atoms. The van der Waals surface area contributed by atoms with Gasteiger partial charge in [0.15, 0.2) is 0 Å². The van der Waals surface area contributed by atoms with E-state index in [-0.39, 0.29) is 23.0 Å². The SMILES string of the molecule is Nc1ccc(C(=O)Nc2c(Br)cc(C(F)(C(F)(F)F)C(F)(F)F)cc2C(F)(F)F)cc1N. The van der Waals surface area contributed by atoms with Crippen molar-refractivity contribution in [1.29, 1.82) is 0 Å². The van der Waals surface area contributed by atoms with E-state index < -0.39 is 57.5 Å². The lowest BCUT2D eigenvalue weighted by molar-refractivity contribution is -0.348. The molecular formula is C17H10BrF10N3O. The maximum absolute atomic E-state index is 14.3. The number of carbonyl (C=O) groups excluding carboxylic acids is 1. The summed E-state index contributed by atoms with van der Waals surface area (Å²) in [6, 6.07) is 2.34. The summed E-state index contributed by atoms with van der Waals surface area (Å²) in [5, 5.41) is 1.72. The van der Waals surface area contributed by atoms with E-state index in [2.05, 4.69) is 15.9 Å². The zero-order chi connectivity index (χ0) is 24.9.